The minimum atomic E-state index is -0.603. The van der Waals surface area contributed by atoms with Gasteiger partial charge in [0.15, 0.2) is 13.2 Å². The van der Waals surface area contributed by atoms with Crippen LogP contribution in [0.4, 0.5) is 0 Å². The Morgan fingerprint density at radius 2 is 1.14 bits per heavy atom. The van der Waals surface area contributed by atoms with E-state index >= 15 is 0 Å². The number of amides is 2. The van der Waals surface area contributed by atoms with E-state index in [-0.39, 0.29) is 13.1 Å². The molecule has 0 aromatic rings. The standard InChI is InChI=1S/C14H20N2O6/c1-3-5-13(19)21-9-11(17)15-7-8-16-12(18)10-22-14(20)6-4-2/h3-6H,7-10H2,1-2H3,(H,15,17)(H,16,18)/b5-3+,6-4+. The summed E-state index contributed by atoms with van der Waals surface area (Å²) in [7, 11) is 0. The average Bonchev–Trinajstić information content (AvgIpc) is 2.48. The van der Waals surface area contributed by atoms with E-state index in [0.717, 1.165) is 0 Å². The highest BCUT2D eigenvalue weighted by molar-refractivity contribution is 5.86. The summed E-state index contributed by atoms with van der Waals surface area (Å²) < 4.78 is 9.24. The van der Waals surface area contributed by atoms with Gasteiger partial charge in [0.25, 0.3) is 11.8 Å². The minimum absolute atomic E-state index is 0.161. The third kappa shape index (κ3) is 11.2. The van der Waals surface area contributed by atoms with Gasteiger partial charge in [0.05, 0.1) is 0 Å². The molecule has 0 aliphatic rings. The first kappa shape index (κ1) is 19.4. The molecular formula is C14H20N2O6. The fraction of sp³-hybridized carbons (Fsp3) is 0.429. The molecule has 122 valence electrons. The van der Waals surface area contributed by atoms with Crippen molar-refractivity contribution in [3.63, 3.8) is 0 Å². The summed E-state index contributed by atoms with van der Waals surface area (Å²) in [6.45, 7) is 2.85. The molecule has 0 aliphatic heterocycles. The molecular weight excluding hydrogens is 292 g/mol. The molecule has 0 unspecified atom stereocenters. The van der Waals surface area contributed by atoms with Crippen molar-refractivity contribution in [3.8, 4) is 0 Å². The molecule has 8 nitrogen and oxygen atoms in total. The predicted octanol–water partition coefficient (Wildman–Crippen LogP) is -0.543. The Bertz CT molecular complexity index is 414. The van der Waals surface area contributed by atoms with Gasteiger partial charge in [-0.05, 0) is 13.8 Å². The van der Waals surface area contributed by atoms with E-state index in [1.54, 1.807) is 13.8 Å². The monoisotopic (exact) mass is 312 g/mol. The number of nitrogens with one attached hydrogen (secondary N) is 2. The molecule has 0 aromatic heterocycles. The van der Waals surface area contributed by atoms with Crippen LogP contribution in [-0.2, 0) is 28.7 Å². The Labute approximate surface area is 128 Å². The molecule has 2 N–H and O–H groups in total. The van der Waals surface area contributed by atoms with E-state index in [4.69, 9.17) is 0 Å². The lowest BCUT2D eigenvalue weighted by Gasteiger charge is -2.07. The molecule has 0 fully saturated rings. The number of hydrogen-bond donors (Lipinski definition) is 2. The molecule has 0 spiro atoms. The first-order valence-electron chi connectivity index (χ1n) is 6.62. The van der Waals surface area contributed by atoms with Gasteiger partial charge in [-0.1, -0.05) is 12.2 Å². The normalized spacial score (nSPS) is 10.5. The first-order chi connectivity index (χ1) is 10.5. The van der Waals surface area contributed by atoms with Crippen molar-refractivity contribution in [1.29, 1.82) is 0 Å². The summed E-state index contributed by atoms with van der Waals surface area (Å²) in [6, 6.07) is 0. The maximum atomic E-state index is 11.3. The third-order valence-electron chi connectivity index (χ3n) is 2.07. The van der Waals surface area contributed by atoms with Gasteiger partial charge in [-0.15, -0.1) is 0 Å². The molecule has 8 heteroatoms. The van der Waals surface area contributed by atoms with Crippen LogP contribution in [0.1, 0.15) is 13.8 Å². The van der Waals surface area contributed by atoms with Crippen LogP contribution in [0.25, 0.3) is 0 Å². The van der Waals surface area contributed by atoms with Gasteiger partial charge in [-0.2, -0.15) is 0 Å². The van der Waals surface area contributed by atoms with Crippen LogP contribution in [0.5, 0.6) is 0 Å². The lowest BCUT2D eigenvalue weighted by atomic mass is 10.5. The number of ether oxygens (including phenoxy) is 2. The predicted molar refractivity (Wildman–Crippen MR) is 77.6 cm³/mol. The second kappa shape index (κ2) is 12.1. The van der Waals surface area contributed by atoms with Crippen LogP contribution >= 0.6 is 0 Å². The fourth-order valence-corrected chi connectivity index (χ4v) is 1.15. The zero-order chi connectivity index (χ0) is 16.8. The van der Waals surface area contributed by atoms with Crippen LogP contribution in [0, 0.1) is 0 Å². The lowest BCUT2D eigenvalue weighted by Crippen LogP contribution is -2.38. The summed E-state index contributed by atoms with van der Waals surface area (Å²) in [5.41, 5.74) is 0. The molecule has 0 aromatic carbocycles. The highest BCUT2D eigenvalue weighted by Crippen LogP contribution is 1.82. The van der Waals surface area contributed by atoms with Crippen molar-refractivity contribution in [1.82, 2.24) is 10.6 Å². The number of hydrogen-bond acceptors (Lipinski definition) is 6. The fourth-order valence-electron chi connectivity index (χ4n) is 1.15. The summed E-state index contributed by atoms with van der Waals surface area (Å²) in [6.07, 6.45) is 5.39. The van der Waals surface area contributed by atoms with Crippen molar-refractivity contribution in [2.45, 2.75) is 13.8 Å². The highest BCUT2D eigenvalue weighted by atomic mass is 16.5. The number of rotatable bonds is 9. The van der Waals surface area contributed by atoms with Crippen LogP contribution in [-0.4, -0.2) is 50.1 Å². The molecule has 0 bridgehead atoms. The SMILES string of the molecule is C/C=C/C(=O)OCC(=O)NCCNC(=O)COC(=O)/C=C/C. The third-order valence-corrected chi connectivity index (χ3v) is 2.07. The van der Waals surface area contributed by atoms with E-state index < -0.39 is 37.0 Å². The number of carbonyl (C=O) groups excluding carboxylic acids is 4. The Morgan fingerprint density at radius 1 is 0.773 bits per heavy atom. The molecule has 0 rings (SSSR count). The molecule has 0 atom stereocenters. The van der Waals surface area contributed by atoms with Crippen LogP contribution in [0.3, 0.4) is 0 Å². The van der Waals surface area contributed by atoms with E-state index in [9.17, 15) is 19.2 Å². The average molecular weight is 312 g/mol. The van der Waals surface area contributed by atoms with Gasteiger partial charge in [-0.25, -0.2) is 9.59 Å². The zero-order valence-electron chi connectivity index (χ0n) is 12.6. The van der Waals surface area contributed by atoms with E-state index in [1.807, 2.05) is 0 Å². The summed E-state index contributed by atoms with van der Waals surface area (Å²) in [5, 5.41) is 4.89. The lowest BCUT2D eigenvalue weighted by molar-refractivity contribution is -0.144. The molecule has 2 amide bonds. The molecule has 0 radical (unpaired) electrons. The van der Waals surface area contributed by atoms with Gasteiger partial charge in [0.1, 0.15) is 0 Å². The quantitative estimate of drug-likeness (QED) is 0.336. The largest absolute Gasteiger partial charge is 0.452 e. The summed E-state index contributed by atoms with van der Waals surface area (Å²) in [4.78, 5) is 44.5. The Hall–Kier alpha value is -2.64. The van der Waals surface area contributed by atoms with E-state index in [1.165, 1.54) is 24.3 Å². The van der Waals surface area contributed by atoms with Crippen molar-refractivity contribution >= 4 is 23.8 Å². The maximum absolute atomic E-state index is 11.3. The first-order valence-corrected chi connectivity index (χ1v) is 6.62. The highest BCUT2D eigenvalue weighted by Gasteiger charge is 2.06. The Morgan fingerprint density at radius 3 is 1.45 bits per heavy atom. The van der Waals surface area contributed by atoms with Gasteiger partial charge < -0.3 is 20.1 Å². The van der Waals surface area contributed by atoms with Crippen LogP contribution in [0.2, 0.25) is 0 Å². The van der Waals surface area contributed by atoms with E-state index in [0.29, 0.717) is 0 Å². The molecule has 0 saturated carbocycles. The van der Waals surface area contributed by atoms with Gasteiger partial charge >= 0.3 is 11.9 Å². The minimum Gasteiger partial charge on any atom is -0.452 e. The smallest absolute Gasteiger partial charge is 0.330 e. The van der Waals surface area contributed by atoms with Gasteiger partial charge in [-0.3, -0.25) is 9.59 Å². The van der Waals surface area contributed by atoms with Crippen molar-refractivity contribution < 1.29 is 28.7 Å². The molecule has 0 saturated heterocycles. The Kier molecular flexibility index (Phi) is 10.7. The van der Waals surface area contributed by atoms with Crippen LogP contribution < -0.4 is 10.6 Å². The number of carbonyl (C=O) groups is 4. The second-order valence-electron chi connectivity index (χ2n) is 3.92. The number of allylic oxidation sites excluding steroid dienone is 2. The molecule has 0 heterocycles. The van der Waals surface area contributed by atoms with Crippen molar-refractivity contribution in [2.24, 2.45) is 0 Å². The number of esters is 2. The van der Waals surface area contributed by atoms with Gasteiger partial charge in [0.2, 0.25) is 0 Å². The van der Waals surface area contributed by atoms with E-state index in [2.05, 4.69) is 20.1 Å². The zero-order valence-corrected chi connectivity index (χ0v) is 12.6. The molecule has 22 heavy (non-hydrogen) atoms. The Balaban J connectivity index is 3.66. The second-order valence-corrected chi connectivity index (χ2v) is 3.92. The summed E-state index contributed by atoms with van der Waals surface area (Å²) in [5.74, 6) is -2.17. The topological polar surface area (TPSA) is 111 Å². The maximum Gasteiger partial charge on any atom is 0.330 e. The van der Waals surface area contributed by atoms with Crippen molar-refractivity contribution in [2.75, 3.05) is 26.3 Å². The molecule has 0 aliphatic carbocycles. The summed E-state index contributed by atoms with van der Waals surface area (Å²) >= 11 is 0. The van der Waals surface area contributed by atoms with Gasteiger partial charge in [0, 0.05) is 25.2 Å². The van der Waals surface area contributed by atoms with Crippen LogP contribution in [0.15, 0.2) is 24.3 Å². The van der Waals surface area contributed by atoms with Crippen molar-refractivity contribution in [3.05, 3.63) is 24.3 Å².